The van der Waals surface area contributed by atoms with Crippen LogP contribution in [0.4, 0.5) is 0 Å². The van der Waals surface area contributed by atoms with Crippen LogP contribution in [-0.4, -0.2) is 36.9 Å². The summed E-state index contributed by atoms with van der Waals surface area (Å²) in [4.78, 5) is 28.3. The Bertz CT molecular complexity index is 887. The quantitative estimate of drug-likeness (QED) is 0.854. The van der Waals surface area contributed by atoms with Crippen molar-refractivity contribution in [3.05, 3.63) is 65.2 Å². The van der Waals surface area contributed by atoms with Gasteiger partial charge in [-0.25, -0.2) is 0 Å². The Balaban J connectivity index is 1.73. The van der Waals surface area contributed by atoms with Crippen molar-refractivity contribution in [1.82, 2.24) is 10.2 Å². The molecule has 2 unspecified atom stereocenters. The van der Waals surface area contributed by atoms with E-state index >= 15 is 0 Å². The van der Waals surface area contributed by atoms with Gasteiger partial charge in [0.05, 0.1) is 19.1 Å². The molecule has 1 heterocycles. The second kappa shape index (κ2) is 8.27. The van der Waals surface area contributed by atoms with Crippen molar-refractivity contribution in [1.29, 1.82) is 0 Å². The Morgan fingerprint density at radius 3 is 2.41 bits per heavy atom. The number of likely N-dealkylation sites (N-methyl/N-ethyl adjacent to an activating group) is 1. The lowest BCUT2D eigenvalue weighted by Gasteiger charge is -2.40. The van der Waals surface area contributed by atoms with Crippen LogP contribution in [-0.2, 0) is 4.79 Å². The fourth-order valence-electron chi connectivity index (χ4n) is 4.71. The minimum atomic E-state index is -0.441. The summed E-state index contributed by atoms with van der Waals surface area (Å²) >= 11 is 0. The first kappa shape index (κ1) is 19.5. The molecule has 4 rings (SSSR count). The zero-order chi connectivity index (χ0) is 20.4. The maximum Gasteiger partial charge on any atom is 0.254 e. The lowest BCUT2D eigenvalue weighted by atomic mass is 9.79. The average Bonchev–Trinajstić information content (AvgIpc) is 2.77. The summed E-state index contributed by atoms with van der Waals surface area (Å²) in [6.07, 6.45) is 5.62. The Morgan fingerprint density at radius 2 is 1.72 bits per heavy atom. The molecule has 2 aromatic rings. The van der Waals surface area contributed by atoms with Crippen molar-refractivity contribution in [2.45, 2.75) is 50.1 Å². The van der Waals surface area contributed by atoms with Crippen LogP contribution in [0.3, 0.4) is 0 Å². The molecule has 1 saturated carbocycles. The smallest absolute Gasteiger partial charge is 0.254 e. The van der Waals surface area contributed by atoms with E-state index in [4.69, 9.17) is 4.74 Å². The molecule has 0 aromatic heterocycles. The molecule has 2 amide bonds. The van der Waals surface area contributed by atoms with Gasteiger partial charge in [-0.05, 0) is 42.2 Å². The number of amides is 2. The van der Waals surface area contributed by atoms with E-state index in [2.05, 4.69) is 5.32 Å². The normalized spacial score (nSPS) is 22.1. The summed E-state index contributed by atoms with van der Waals surface area (Å²) in [7, 11) is 3.41. The summed E-state index contributed by atoms with van der Waals surface area (Å²) in [5.41, 5.74) is 2.35. The minimum Gasteiger partial charge on any atom is -0.497 e. The molecule has 1 N–H and O–H groups in total. The number of fused-ring (bicyclic) bond motifs is 1. The van der Waals surface area contributed by atoms with Gasteiger partial charge in [0.1, 0.15) is 5.75 Å². The molecule has 2 aromatic carbocycles. The number of rotatable bonds is 4. The Kier molecular flexibility index (Phi) is 5.56. The van der Waals surface area contributed by atoms with Gasteiger partial charge in [-0.15, -0.1) is 0 Å². The zero-order valence-corrected chi connectivity index (χ0v) is 17.1. The summed E-state index contributed by atoms with van der Waals surface area (Å²) < 4.78 is 5.28. The third-order valence-electron chi connectivity index (χ3n) is 6.27. The zero-order valence-electron chi connectivity index (χ0n) is 17.1. The lowest BCUT2D eigenvalue weighted by molar-refractivity contribution is -0.125. The van der Waals surface area contributed by atoms with Crippen molar-refractivity contribution in [2.75, 3.05) is 14.2 Å². The van der Waals surface area contributed by atoms with Gasteiger partial charge in [-0.1, -0.05) is 49.6 Å². The molecule has 2 aliphatic rings. The third-order valence-corrected chi connectivity index (χ3v) is 6.27. The molecule has 2 atom stereocenters. The Labute approximate surface area is 172 Å². The fourth-order valence-corrected chi connectivity index (χ4v) is 4.71. The molecular formula is C24H28N2O3. The van der Waals surface area contributed by atoms with Crippen molar-refractivity contribution >= 4 is 11.8 Å². The van der Waals surface area contributed by atoms with Gasteiger partial charge in [0, 0.05) is 18.7 Å². The molecule has 5 heteroatoms. The summed E-state index contributed by atoms with van der Waals surface area (Å²) in [5.74, 6) is 0.263. The summed E-state index contributed by atoms with van der Waals surface area (Å²) in [6.45, 7) is 0. The molecule has 1 fully saturated rings. The summed E-state index contributed by atoms with van der Waals surface area (Å²) in [6, 6.07) is 15.0. The molecule has 152 valence electrons. The first-order valence-electron chi connectivity index (χ1n) is 10.4. The van der Waals surface area contributed by atoms with Crippen LogP contribution < -0.4 is 10.1 Å². The van der Waals surface area contributed by atoms with E-state index in [0.717, 1.165) is 42.6 Å². The number of nitrogens with zero attached hydrogens (tertiary/aromatic N) is 1. The van der Waals surface area contributed by atoms with Crippen LogP contribution in [0.15, 0.2) is 48.5 Å². The van der Waals surface area contributed by atoms with E-state index in [0.29, 0.717) is 5.56 Å². The van der Waals surface area contributed by atoms with Crippen LogP contribution in [0.2, 0.25) is 0 Å². The lowest BCUT2D eigenvalue weighted by Crippen LogP contribution is -2.48. The first-order valence-corrected chi connectivity index (χ1v) is 10.4. The van der Waals surface area contributed by atoms with E-state index in [1.807, 2.05) is 48.5 Å². The number of carbonyl (C=O) groups excluding carboxylic acids is 2. The summed E-state index contributed by atoms with van der Waals surface area (Å²) in [5, 5.41) is 3.29. The van der Waals surface area contributed by atoms with E-state index in [1.54, 1.807) is 19.1 Å². The van der Waals surface area contributed by atoms with E-state index in [1.165, 1.54) is 6.42 Å². The van der Waals surface area contributed by atoms with Crippen molar-refractivity contribution in [2.24, 2.45) is 0 Å². The van der Waals surface area contributed by atoms with Gasteiger partial charge in [-0.2, -0.15) is 0 Å². The van der Waals surface area contributed by atoms with E-state index in [-0.39, 0.29) is 23.9 Å². The van der Waals surface area contributed by atoms with Gasteiger partial charge in [0.2, 0.25) is 5.91 Å². The number of hydrogen-bond acceptors (Lipinski definition) is 3. The molecule has 1 aliphatic heterocycles. The van der Waals surface area contributed by atoms with Crippen molar-refractivity contribution in [3.63, 3.8) is 0 Å². The molecule has 0 bridgehead atoms. The van der Waals surface area contributed by atoms with Crippen LogP contribution in [0, 0.1) is 0 Å². The molecule has 0 radical (unpaired) electrons. The number of nitrogens with one attached hydrogen (secondary N) is 1. The van der Waals surface area contributed by atoms with Crippen LogP contribution in [0.5, 0.6) is 5.75 Å². The molecule has 5 nitrogen and oxygen atoms in total. The standard InChI is InChI=1S/C24H28N2O3/c1-26-22(16-12-14-18(29-2)15-13-16)21(19-10-6-7-11-20(19)24(26)28)23(27)25-17-8-4-3-5-9-17/h6-7,10-15,17,21-22H,3-5,8-9H2,1-2H3,(H,25,27). The maximum absolute atomic E-state index is 13.5. The SMILES string of the molecule is COc1ccc(C2C(C(=O)NC3CCCCC3)c3ccccc3C(=O)N2C)cc1. The van der Waals surface area contributed by atoms with Crippen LogP contribution in [0.25, 0.3) is 0 Å². The van der Waals surface area contributed by atoms with Crippen molar-refractivity contribution in [3.8, 4) is 5.75 Å². The predicted octanol–water partition coefficient (Wildman–Crippen LogP) is 4.05. The number of ether oxygens (including phenoxy) is 1. The second-order valence-electron chi connectivity index (χ2n) is 8.04. The Morgan fingerprint density at radius 1 is 1.03 bits per heavy atom. The van der Waals surface area contributed by atoms with E-state index in [9.17, 15) is 9.59 Å². The highest BCUT2D eigenvalue weighted by atomic mass is 16.5. The van der Waals surface area contributed by atoms with Crippen molar-refractivity contribution < 1.29 is 14.3 Å². The van der Waals surface area contributed by atoms with Gasteiger partial charge in [-0.3, -0.25) is 9.59 Å². The number of benzene rings is 2. The van der Waals surface area contributed by atoms with Gasteiger partial charge in [0.25, 0.3) is 5.91 Å². The number of carbonyl (C=O) groups is 2. The molecular weight excluding hydrogens is 364 g/mol. The van der Waals surface area contributed by atoms with Gasteiger partial charge >= 0.3 is 0 Å². The molecule has 29 heavy (non-hydrogen) atoms. The highest BCUT2D eigenvalue weighted by molar-refractivity contribution is 6.01. The number of hydrogen-bond donors (Lipinski definition) is 1. The minimum absolute atomic E-state index is 0.00418. The molecule has 0 spiro atoms. The highest BCUT2D eigenvalue weighted by Crippen LogP contribution is 2.42. The average molecular weight is 392 g/mol. The van der Waals surface area contributed by atoms with Crippen LogP contribution in [0.1, 0.15) is 65.5 Å². The monoisotopic (exact) mass is 392 g/mol. The second-order valence-corrected chi connectivity index (χ2v) is 8.04. The predicted molar refractivity (Wildman–Crippen MR) is 112 cm³/mol. The Hall–Kier alpha value is -2.82. The van der Waals surface area contributed by atoms with Crippen LogP contribution >= 0.6 is 0 Å². The van der Waals surface area contributed by atoms with Gasteiger partial charge < -0.3 is 15.0 Å². The molecule has 1 aliphatic carbocycles. The number of methoxy groups -OCH3 is 1. The maximum atomic E-state index is 13.5. The fraction of sp³-hybridized carbons (Fsp3) is 0.417. The highest BCUT2D eigenvalue weighted by Gasteiger charge is 2.42. The molecule has 0 saturated heterocycles. The third kappa shape index (κ3) is 3.74. The topological polar surface area (TPSA) is 58.6 Å². The van der Waals surface area contributed by atoms with E-state index < -0.39 is 5.92 Å². The largest absolute Gasteiger partial charge is 0.497 e. The van der Waals surface area contributed by atoms with Gasteiger partial charge in [0.15, 0.2) is 0 Å². The first-order chi connectivity index (χ1) is 14.1.